The monoisotopic (exact) mass is 519 g/mol. The first-order chi connectivity index (χ1) is 12.2. The lowest BCUT2D eigenvalue weighted by Gasteiger charge is -2.13. The first-order valence-electron chi connectivity index (χ1n) is 7.93. The Bertz CT molecular complexity index is 866. The molecule has 1 aromatic carbocycles. The zero-order chi connectivity index (χ0) is 19.1. The van der Waals surface area contributed by atoms with Crippen molar-refractivity contribution in [1.82, 2.24) is 0 Å². The highest BCUT2D eigenvalue weighted by molar-refractivity contribution is 9.25. The maximum absolute atomic E-state index is 12.7. The number of carbonyl (C=O) groups excluding carboxylic acids is 2. The van der Waals surface area contributed by atoms with Crippen LogP contribution in [0.15, 0.2) is 29.6 Å². The minimum absolute atomic E-state index is 0.152. The van der Waals surface area contributed by atoms with Crippen molar-refractivity contribution in [1.29, 1.82) is 0 Å². The molecule has 26 heavy (non-hydrogen) atoms. The molecule has 1 atom stereocenters. The predicted octanol–water partition coefficient (Wildman–Crippen LogP) is 6.08. The van der Waals surface area contributed by atoms with Crippen LogP contribution in [0.3, 0.4) is 0 Å². The summed E-state index contributed by atoms with van der Waals surface area (Å²) >= 11 is 14.3. The van der Waals surface area contributed by atoms with Crippen molar-refractivity contribution in [3.63, 3.8) is 0 Å². The van der Waals surface area contributed by atoms with Gasteiger partial charge in [-0.3, -0.25) is 4.79 Å². The zero-order valence-corrected chi connectivity index (χ0v) is 18.8. The van der Waals surface area contributed by atoms with E-state index in [0.29, 0.717) is 27.6 Å². The minimum Gasteiger partial charge on any atom is -0.462 e. The molecule has 0 bridgehead atoms. The molecule has 4 nitrogen and oxygen atoms in total. The summed E-state index contributed by atoms with van der Waals surface area (Å²) in [5, 5.41) is 5.85. The number of esters is 1. The van der Waals surface area contributed by atoms with Crippen molar-refractivity contribution < 1.29 is 14.3 Å². The lowest BCUT2D eigenvalue weighted by Crippen LogP contribution is -2.26. The standard InChI is InChI=1S/C18H16Br2ClNO3S/c1-3-25-15(23)13-12(10-4-6-11(21)7-5-10)8-26-14(13)22-16(24)17(2)9-18(17,19)20/h4-8H,3,9H2,1-2H3,(H,22,24)/t17-/m0/s1. The highest BCUT2D eigenvalue weighted by Gasteiger charge is 2.66. The van der Waals surface area contributed by atoms with E-state index in [4.69, 9.17) is 16.3 Å². The summed E-state index contributed by atoms with van der Waals surface area (Å²) in [6, 6.07) is 7.19. The molecule has 0 aliphatic heterocycles. The Hall–Kier alpha value is -0.890. The zero-order valence-electron chi connectivity index (χ0n) is 14.1. The average molecular weight is 522 g/mol. The van der Waals surface area contributed by atoms with Crippen LogP contribution >= 0.6 is 54.8 Å². The first-order valence-corrected chi connectivity index (χ1v) is 10.8. The Kier molecular flexibility index (Phi) is 5.55. The van der Waals surface area contributed by atoms with E-state index in [1.807, 2.05) is 24.4 Å². The summed E-state index contributed by atoms with van der Waals surface area (Å²) in [5.41, 5.74) is 1.34. The van der Waals surface area contributed by atoms with Gasteiger partial charge < -0.3 is 10.1 Å². The number of hydrogen-bond donors (Lipinski definition) is 1. The molecular weight excluding hydrogens is 506 g/mol. The van der Waals surface area contributed by atoms with Gasteiger partial charge in [0.05, 0.1) is 15.3 Å². The lowest BCUT2D eigenvalue weighted by atomic mass is 10.0. The van der Waals surface area contributed by atoms with Gasteiger partial charge in [-0.1, -0.05) is 55.6 Å². The molecule has 0 spiro atoms. The number of nitrogens with one attached hydrogen (secondary N) is 1. The fourth-order valence-electron chi connectivity index (χ4n) is 2.59. The molecule has 0 radical (unpaired) electrons. The third kappa shape index (κ3) is 3.59. The number of alkyl halides is 2. The molecule has 1 fully saturated rings. The van der Waals surface area contributed by atoms with Crippen LogP contribution in [0.2, 0.25) is 5.02 Å². The second kappa shape index (κ2) is 7.26. The molecule has 2 aromatic rings. The smallest absolute Gasteiger partial charge is 0.341 e. The topological polar surface area (TPSA) is 55.4 Å². The maximum Gasteiger partial charge on any atom is 0.341 e. The highest BCUT2D eigenvalue weighted by Crippen LogP contribution is 2.66. The molecule has 3 rings (SSSR count). The van der Waals surface area contributed by atoms with E-state index in [2.05, 4.69) is 37.2 Å². The van der Waals surface area contributed by atoms with Crippen molar-refractivity contribution in [3.05, 3.63) is 40.2 Å². The second-order valence-corrected chi connectivity index (χ2v) is 11.3. The molecule has 0 saturated heterocycles. The molecule has 1 amide bonds. The summed E-state index contributed by atoms with van der Waals surface area (Å²) in [4.78, 5) is 25.3. The average Bonchev–Trinajstić information content (AvgIpc) is 2.92. The van der Waals surface area contributed by atoms with Gasteiger partial charge in [-0.15, -0.1) is 11.3 Å². The summed E-state index contributed by atoms with van der Waals surface area (Å²) < 4.78 is 4.80. The molecule has 1 saturated carbocycles. The number of thiophene rings is 1. The highest BCUT2D eigenvalue weighted by atomic mass is 79.9. The summed E-state index contributed by atoms with van der Waals surface area (Å²) in [5.74, 6) is -0.611. The number of carbonyl (C=O) groups is 2. The Morgan fingerprint density at radius 2 is 1.92 bits per heavy atom. The van der Waals surface area contributed by atoms with Gasteiger partial charge in [0.1, 0.15) is 10.6 Å². The SMILES string of the molecule is CCOC(=O)c1c(-c2ccc(Cl)cc2)csc1NC(=O)[C@]1(C)CC1(Br)Br. The van der Waals surface area contributed by atoms with E-state index in [1.165, 1.54) is 11.3 Å². The van der Waals surface area contributed by atoms with E-state index in [0.717, 1.165) is 5.56 Å². The fourth-order valence-corrected chi connectivity index (χ4v) is 5.14. The Labute approximate surface area is 177 Å². The van der Waals surface area contributed by atoms with Crippen LogP contribution in [0.25, 0.3) is 11.1 Å². The molecule has 138 valence electrons. The molecule has 0 unspecified atom stereocenters. The quantitative estimate of drug-likeness (QED) is 0.383. The molecule has 1 aromatic heterocycles. The van der Waals surface area contributed by atoms with Crippen LogP contribution in [0, 0.1) is 5.41 Å². The van der Waals surface area contributed by atoms with Gasteiger partial charge in [-0.05, 0) is 38.0 Å². The molecular formula is C18H16Br2ClNO3S. The summed E-state index contributed by atoms with van der Waals surface area (Å²) in [7, 11) is 0. The molecule has 1 aliphatic carbocycles. The van der Waals surface area contributed by atoms with Gasteiger partial charge in [0, 0.05) is 16.0 Å². The van der Waals surface area contributed by atoms with Crippen LogP contribution in [-0.4, -0.2) is 21.7 Å². The normalized spacial score (nSPS) is 20.5. The Morgan fingerprint density at radius 1 is 1.31 bits per heavy atom. The molecule has 1 N–H and O–H groups in total. The summed E-state index contributed by atoms with van der Waals surface area (Å²) in [6.07, 6.45) is 0.663. The largest absolute Gasteiger partial charge is 0.462 e. The Balaban J connectivity index is 1.96. The van der Waals surface area contributed by atoms with Crippen LogP contribution in [0.5, 0.6) is 0 Å². The molecule has 1 aliphatic rings. The van der Waals surface area contributed by atoms with Gasteiger partial charge in [-0.2, -0.15) is 0 Å². The van der Waals surface area contributed by atoms with Crippen molar-refractivity contribution in [2.24, 2.45) is 5.41 Å². The molecule has 1 heterocycles. The first kappa shape index (κ1) is 19.9. The van der Waals surface area contributed by atoms with Crippen LogP contribution in [0.1, 0.15) is 30.6 Å². The number of rotatable bonds is 5. The fraction of sp³-hybridized carbons (Fsp3) is 0.333. The van der Waals surface area contributed by atoms with Gasteiger partial charge in [0.15, 0.2) is 0 Å². The van der Waals surface area contributed by atoms with Gasteiger partial charge in [0.25, 0.3) is 0 Å². The second-order valence-electron chi connectivity index (χ2n) is 6.25. The third-order valence-corrected chi connectivity index (χ3v) is 7.87. The van der Waals surface area contributed by atoms with Crippen molar-refractivity contribution in [2.75, 3.05) is 11.9 Å². The number of ether oxygens (including phenoxy) is 1. The van der Waals surface area contributed by atoms with Crippen LogP contribution in [-0.2, 0) is 9.53 Å². The minimum atomic E-state index is -0.580. The van der Waals surface area contributed by atoms with E-state index < -0.39 is 14.6 Å². The van der Waals surface area contributed by atoms with E-state index in [-0.39, 0.29) is 12.5 Å². The van der Waals surface area contributed by atoms with Crippen molar-refractivity contribution in [2.45, 2.75) is 23.5 Å². The predicted molar refractivity (Wildman–Crippen MR) is 113 cm³/mol. The lowest BCUT2D eigenvalue weighted by molar-refractivity contribution is -0.120. The van der Waals surface area contributed by atoms with Crippen molar-refractivity contribution >= 4 is 71.7 Å². The van der Waals surface area contributed by atoms with Gasteiger partial charge >= 0.3 is 5.97 Å². The third-order valence-electron chi connectivity index (χ3n) is 4.41. The molecule has 8 heteroatoms. The maximum atomic E-state index is 12.7. The van der Waals surface area contributed by atoms with Gasteiger partial charge in [0.2, 0.25) is 5.91 Å². The number of benzene rings is 1. The van der Waals surface area contributed by atoms with Gasteiger partial charge in [-0.25, -0.2) is 4.79 Å². The van der Waals surface area contributed by atoms with Crippen LogP contribution in [0.4, 0.5) is 5.00 Å². The Morgan fingerprint density at radius 3 is 2.46 bits per heavy atom. The summed E-state index contributed by atoms with van der Waals surface area (Å²) in [6.45, 7) is 3.87. The number of amides is 1. The van der Waals surface area contributed by atoms with Crippen molar-refractivity contribution in [3.8, 4) is 11.1 Å². The van der Waals surface area contributed by atoms with E-state index in [1.54, 1.807) is 19.1 Å². The number of anilines is 1. The number of halogens is 3. The number of hydrogen-bond acceptors (Lipinski definition) is 4. The van der Waals surface area contributed by atoms with Crippen LogP contribution < -0.4 is 5.32 Å². The van der Waals surface area contributed by atoms with E-state index in [9.17, 15) is 9.59 Å². The van der Waals surface area contributed by atoms with E-state index >= 15 is 0 Å².